The minimum Gasteiger partial charge on any atom is -0.371 e. The number of rotatable bonds is 6. The van der Waals surface area contributed by atoms with Gasteiger partial charge >= 0.3 is 0 Å². The summed E-state index contributed by atoms with van der Waals surface area (Å²) in [6.45, 7) is 8.55. The maximum atomic E-state index is 9.14. The molecule has 2 aliphatic heterocycles. The van der Waals surface area contributed by atoms with Crippen LogP contribution in [0, 0.1) is 17.2 Å². The largest absolute Gasteiger partial charge is 0.371 e. The summed E-state index contributed by atoms with van der Waals surface area (Å²) in [4.78, 5) is 2.53. The van der Waals surface area contributed by atoms with E-state index in [1.165, 1.54) is 24.1 Å². The van der Waals surface area contributed by atoms with E-state index in [0.29, 0.717) is 17.5 Å². The quantitative estimate of drug-likeness (QED) is 0.378. The molecular weight excluding hydrogens is 446 g/mol. The van der Waals surface area contributed by atoms with Crippen molar-refractivity contribution >= 4 is 5.69 Å². The maximum absolute atomic E-state index is 9.14. The Bertz CT molecular complexity index is 1420. The van der Waals surface area contributed by atoms with E-state index in [4.69, 9.17) is 5.26 Å². The van der Waals surface area contributed by atoms with Crippen LogP contribution in [-0.4, -0.2) is 45.0 Å². The maximum Gasteiger partial charge on any atom is 0.185 e. The predicted octanol–water partition coefficient (Wildman–Crippen LogP) is 4.85. The Morgan fingerprint density at radius 2 is 2.00 bits per heavy atom. The minimum absolute atomic E-state index is 0.578. The second-order valence-electron chi connectivity index (χ2n) is 10.1. The Labute approximate surface area is 212 Å². The fourth-order valence-electron chi connectivity index (χ4n) is 5.37. The molecule has 4 heterocycles. The van der Waals surface area contributed by atoms with Gasteiger partial charge in [0.15, 0.2) is 5.82 Å². The highest BCUT2D eigenvalue weighted by Crippen LogP contribution is 2.35. The lowest BCUT2D eigenvalue weighted by Gasteiger charge is -2.21. The van der Waals surface area contributed by atoms with E-state index < -0.39 is 0 Å². The van der Waals surface area contributed by atoms with Crippen molar-refractivity contribution in [1.29, 1.82) is 5.26 Å². The number of anilines is 1. The van der Waals surface area contributed by atoms with Crippen molar-refractivity contribution in [3.63, 3.8) is 0 Å². The molecule has 1 saturated heterocycles. The highest BCUT2D eigenvalue weighted by molar-refractivity contribution is 5.72. The first-order valence-electron chi connectivity index (χ1n) is 12.9. The number of aromatic nitrogens is 4. The van der Waals surface area contributed by atoms with Crippen LogP contribution in [0.3, 0.4) is 0 Å². The second-order valence-corrected chi connectivity index (χ2v) is 10.1. The number of nitrogens with zero attached hydrogens (tertiary/aromatic N) is 6. The molecule has 182 valence electrons. The summed E-state index contributed by atoms with van der Waals surface area (Å²) in [5, 5.41) is 21.5. The van der Waals surface area contributed by atoms with Gasteiger partial charge in [-0.15, -0.1) is 10.2 Å². The molecule has 2 aliphatic rings. The lowest BCUT2D eigenvalue weighted by molar-refractivity contribution is 0.456. The van der Waals surface area contributed by atoms with Gasteiger partial charge in [-0.05, 0) is 79.8 Å². The smallest absolute Gasteiger partial charge is 0.185 e. The lowest BCUT2D eigenvalue weighted by Crippen LogP contribution is -2.32. The Hall–Kier alpha value is -3.89. The highest BCUT2D eigenvalue weighted by Gasteiger charge is 2.26. The molecule has 0 saturated carbocycles. The zero-order valence-electron chi connectivity index (χ0n) is 20.9. The van der Waals surface area contributed by atoms with Crippen LogP contribution in [-0.2, 0) is 6.54 Å². The third-order valence-corrected chi connectivity index (χ3v) is 7.70. The zero-order valence-corrected chi connectivity index (χ0v) is 20.9. The molecule has 2 aromatic carbocycles. The third-order valence-electron chi connectivity index (χ3n) is 7.70. The normalized spacial score (nSPS) is 17.1. The van der Waals surface area contributed by atoms with Crippen LogP contribution in [0.25, 0.3) is 28.3 Å². The van der Waals surface area contributed by atoms with E-state index in [9.17, 15) is 0 Å². The Kier molecular flexibility index (Phi) is 5.82. The number of hydrogen-bond acceptors (Lipinski definition) is 5. The average molecular weight is 478 g/mol. The Morgan fingerprint density at radius 3 is 2.81 bits per heavy atom. The van der Waals surface area contributed by atoms with Crippen LogP contribution < -0.4 is 10.2 Å². The fourth-order valence-corrected chi connectivity index (χ4v) is 5.37. The van der Waals surface area contributed by atoms with Crippen LogP contribution >= 0.6 is 0 Å². The van der Waals surface area contributed by atoms with Gasteiger partial charge in [0.05, 0.1) is 23.0 Å². The number of hydrogen-bond donors (Lipinski definition) is 1. The van der Waals surface area contributed by atoms with Crippen molar-refractivity contribution in [2.45, 2.75) is 39.3 Å². The van der Waals surface area contributed by atoms with Crippen LogP contribution in [0.15, 0.2) is 61.1 Å². The van der Waals surface area contributed by atoms with Crippen molar-refractivity contribution in [1.82, 2.24) is 24.6 Å². The van der Waals surface area contributed by atoms with Gasteiger partial charge in [-0.25, -0.2) is 0 Å². The summed E-state index contributed by atoms with van der Waals surface area (Å²) < 4.78 is 4.37. The van der Waals surface area contributed by atoms with E-state index >= 15 is 0 Å². The molecule has 0 aliphatic carbocycles. The van der Waals surface area contributed by atoms with Gasteiger partial charge in [-0.2, -0.15) is 5.26 Å². The first-order chi connectivity index (χ1) is 17.6. The molecule has 2 atom stereocenters. The van der Waals surface area contributed by atoms with Crippen molar-refractivity contribution in [3.05, 3.63) is 72.2 Å². The third kappa shape index (κ3) is 4.08. The predicted molar refractivity (Wildman–Crippen MR) is 142 cm³/mol. The summed E-state index contributed by atoms with van der Waals surface area (Å²) in [5.41, 5.74) is 7.59. The van der Waals surface area contributed by atoms with Crippen molar-refractivity contribution in [2.75, 3.05) is 24.5 Å². The standard InChI is InChI=1S/C29H31N7/c1-3-20(2)31-15-22-10-11-34(16-22)26-8-9-27-25(12-26)18-35-17-24(23-6-4-21(14-30)5-7-23)13-28(35)29-33-32-19-36(27)29/h4-9,12-13,17,19-20,22,31H,3,10-11,15-16,18H2,1-2H3/t20-,22?/m0/s1. The average Bonchev–Trinajstić information content (AvgIpc) is 3.66. The molecule has 1 fully saturated rings. The van der Waals surface area contributed by atoms with E-state index in [1.54, 1.807) is 0 Å². The summed E-state index contributed by atoms with van der Waals surface area (Å²) in [7, 11) is 0. The number of nitrogens with one attached hydrogen (secondary N) is 1. The molecular formula is C29H31N7. The van der Waals surface area contributed by atoms with E-state index in [1.807, 2.05) is 30.6 Å². The van der Waals surface area contributed by atoms with Crippen LogP contribution in [0.2, 0.25) is 0 Å². The highest BCUT2D eigenvalue weighted by atomic mass is 15.3. The summed E-state index contributed by atoms with van der Waals surface area (Å²) in [5.74, 6) is 1.53. The number of fused-ring (bicyclic) bond motifs is 5. The molecule has 0 spiro atoms. The molecule has 4 aromatic rings. The molecule has 7 nitrogen and oxygen atoms in total. The van der Waals surface area contributed by atoms with Crippen LogP contribution in [0.5, 0.6) is 0 Å². The molecule has 7 heteroatoms. The molecule has 36 heavy (non-hydrogen) atoms. The SMILES string of the molecule is CC[C@H](C)NCC1CCN(c2ccc3c(c2)Cn2cc(-c4ccc(C#N)cc4)cc2-c2nncn2-3)C1. The van der Waals surface area contributed by atoms with E-state index in [2.05, 4.69) is 79.9 Å². The van der Waals surface area contributed by atoms with Crippen molar-refractivity contribution < 1.29 is 0 Å². The van der Waals surface area contributed by atoms with Gasteiger partial charge in [0.25, 0.3) is 0 Å². The Morgan fingerprint density at radius 1 is 1.14 bits per heavy atom. The van der Waals surface area contributed by atoms with E-state index in [0.717, 1.165) is 54.5 Å². The first kappa shape index (κ1) is 22.6. The molecule has 0 radical (unpaired) electrons. The van der Waals surface area contributed by atoms with E-state index in [-0.39, 0.29) is 0 Å². The monoisotopic (exact) mass is 477 g/mol. The summed E-state index contributed by atoms with van der Waals surface area (Å²) in [6.07, 6.45) is 6.39. The van der Waals surface area contributed by atoms with Gasteiger partial charge in [-0.3, -0.25) is 4.57 Å². The molecule has 1 N–H and O–H groups in total. The molecule has 0 amide bonds. The summed E-state index contributed by atoms with van der Waals surface area (Å²) >= 11 is 0. The van der Waals surface area contributed by atoms with Gasteiger partial charge < -0.3 is 14.8 Å². The van der Waals surface area contributed by atoms with Gasteiger partial charge in [-0.1, -0.05) is 19.1 Å². The number of nitriles is 1. The lowest BCUT2D eigenvalue weighted by atomic mass is 10.1. The fraction of sp³-hybridized carbons (Fsp3) is 0.345. The van der Waals surface area contributed by atoms with Crippen LogP contribution in [0.4, 0.5) is 5.69 Å². The number of benzene rings is 2. The van der Waals surface area contributed by atoms with Gasteiger partial charge in [0.1, 0.15) is 6.33 Å². The Balaban J connectivity index is 1.30. The first-order valence-corrected chi connectivity index (χ1v) is 12.9. The second kappa shape index (κ2) is 9.29. The van der Waals surface area contributed by atoms with Crippen molar-refractivity contribution in [2.24, 2.45) is 5.92 Å². The molecule has 6 rings (SSSR count). The van der Waals surface area contributed by atoms with Gasteiger partial charge in [0.2, 0.25) is 0 Å². The molecule has 1 unspecified atom stereocenters. The molecule has 0 bridgehead atoms. The van der Waals surface area contributed by atoms with Gasteiger partial charge in [0, 0.05) is 43.1 Å². The van der Waals surface area contributed by atoms with Crippen molar-refractivity contribution in [3.8, 4) is 34.4 Å². The van der Waals surface area contributed by atoms with Crippen LogP contribution in [0.1, 0.15) is 37.8 Å². The minimum atomic E-state index is 0.578. The summed E-state index contributed by atoms with van der Waals surface area (Å²) in [6, 6.07) is 19.5. The zero-order chi connectivity index (χ0) is 24.6. The molecule has 2 aromatic heterocycles. The topological polar surface area (TPSA) is 74.7 Å².